The maximum atomic E-state index is 11.8. The summed E-state index contributed by atoms with van der Waals surface area (Å²) in [5, 5.41) is 3.42. The third-order valence-corrected chi connectivity index (χ3v) is 5.07. The van der Waals surface area contributed by atoms with E-state index in [2.05, 4.69) is 33.4 Å². The van der Waals surface area contributed by atoms with Gasteiger partial charge >= 0.3 is 0 Å². The molecule has 1 heterocycles. The molecular weight excluding hydrogens is 312 g/mol. The van der Waals surface area contributed by atoms with Crippen molar-refractivity contribution < 1.29 is 4.79 Å². The van der Waals surface area contributed by atoms with Crippen LogP contribution in [0.15, 0.2) is 15.9 Å². The van der Waals surface area contributed by atoms with Crippen molar-refractivity contribution in [2.45, 2.75) is 25.8 Å². The first kappa shape index (κ1) is 14.0. The van der Waals surface area contributed by atoms with Crippen LogP contribution < -0.4 is 5.32 Å². The van der Waals surface area contributed by atoms with Crippen molar-refractivity contribution in [2.75, 3.05) is 20.1 Å². The fourth-order valence-electron chi connectivity index (χ4n) is 1.93. The normalized spacial score (nSPS) is 16.6. The summed E-state index contributed by atoms with van der Waals surface area (Å²) in [6, 6.07) is 4.58. The van der Waals surface area contributed by atoms with Gasteiger partial charge in [0.25, 0.3) is 0 Å². The second-order valence-corrected chi connectivity index (χ2v) is 7.24. The first-order chi connectivity index (χ1) is 8.61. The third-order valence-electron chi connectivity index (χ3n) is 3.37. The second kappa shape index (κ2) is 6.17. The molecule has 1 atom stereocenters. The second-order valence-electron chi connectivity index (χ2n) is 4.75. The highest BCUT2D eigenvalue weighted by atomic mass is 79.9. The first-order valence-corrected chi connectivity index (χ1v) is 7.95. The van der Waals surface area contributed by atoms with Crippen LogP contribution in [0, 0.1) is 5.92 Å². The van der Waals surface area contributed by atoms with Crippen LogP contribution in [0.1, 0.15) is 30.7 Å². The van der Waals surface area contributed by atoms with Crippen LogP contribution in [0.5, 0.6) is 0 Å². The molecule has 1 aromatic heterocycles. The Bertz CT molecular complexity index is 417. The van der Waals surface area contributed by atoms with Gasteiger partial charge in [0, 0.05) is 24.5 Å². The largest absolute Gasteiger partial charge is 0.345 e. The fraction of sp³-hybridized carbons (Fsp3) is 0.615. The van der Waals surface area contributed by atoms with Gasteiger partial charge in [-0.05, 0) is 53.7 Å². The minimum absolute atomic E-state index is 0.166. The molecule has 100 valence electrons. The standard InChI is InChI=1S/C13H19BrN2OS/c1-3-16(2)12(17)8-15-13(9-4-5-9)10-6-7-11(14)18-10/h6-7,9,13,15H,3-5,8H2,1-2H3/t13-/m0/s1. The molecule has 0 aliphatic heterocycles. The van der Waals surface area contributed by atoms with Crippen LogP contribution in [0.3, 0.4) is 0 Å². The number of rotatable bonds is 6. The van der Waals surface area contributed by atoms with Gasteiger partial charge in [-0.1, -0.05) is 0 Å². The highest BCUT2D eigenvalue weighted by Gasteiger charge is 2.33. The first-order valence-electron chi connectivity index (χ1n) is 6.34. The van der Waals surface area contributed by atoms with Crippen molar-refractivity contribution in [2.24, 2.45) is 5.92 Å². The molecule has 1 aliphatic carbocycles. The molecular formula is C13H19BrN2OS. The van der Waals surface area contributed by atoms with Gasteiger partial charge in [-0.25, -0.2) is 0 Å². The molecule has 0 unspecified atom stereocenters. The molecule has 1 amide bonds. The van der Waals surface area contributed by atoms with Crippen LogP contribution in [0.4, 0.5) is 0 Å². The maximum Gasteiger partial charge on any atom is 0.236 e. The summed E-state index contributed by atoms with van der Waals surface area (Å²) in [4.78, 5) is 14.9. The Morgan fingerprint density at radius 3 is 2.83 bits per heavy atom. The van der Waals surface area contributed by atoms with Gasteiger partial charge in [0.15, 0.2) is 0 Å². The summed E-state index contributed by atoms with van der Waals surface area (Å²) in [5.41, 5.74) is 0. The summed E-state index contributed by atoms with van der Waals surface area (Å²) < 4.78 is 1.15. The van der Waals surface area contributed by atoms with Gasteiger partial charge in [0.2, 0.25) is 5.91 Å². The summed E-state index contributed by atoms with van der Waals surface area (Å²) in [7, 11) is 1.85. The lowest BCUT2D eigenvalue weighted by Crippen LogP contribution is -2.37. The van der Waals surface area contributed by atoms with Crippen molar-refractivity contribution in [3.05, 3.63) is 20.8 Å². The lowest BCUT2D eigenvalue weighted by molar-refractivity contribution is -0.128. The van der Waals surface area contributed by atoms with E-state index in [1.165, 1.54) is 17.7 Å². The van der Waals surface area contributed by atoms with Gasteiger partial charge in [-0.3, -0.25) is 4.79 Å². The number of amides is 1. The number of nitrogens with one attached hydrogen (secondary N) is 1. The number of thiophene rings is 1. The highest BCUT2D eigenvalue weighted by Crippen LogP contribution is 2.43. The zero-order chi connectivity index (χ0) is 13.1. The number of carbonyl (C=O) groups is 1. The summed E-state index contributed by atoms with van der Waals surface area (Å²) in [6.45, 7) is 3.19. The summed E-state index contributed by atoms with van der Waals surface area (Å²) in [5.74, 6) is 0.869. The van der Waals surface area contributed by atoms with Crippen LogP contribution in [-0.2, 0) is 4.79 Å². The van der Waals surface area contributed by atoms with Gasteiger partial charge in [-0.2, -0.15) is 0 Å². The maximum absolute atomic E-state index is 11.8. The van der Waals surface area contributed by atoms with Crippen LogP contribution in [0.2, 0.25) is 0 Å². The van der Waals surface area contributed by atoms with E-state index in [-0.39, 0.29) is 5.91 Å². The number of carbonyl (C=O) groups excluding carboxylic acids is 1. The van der Waals surface area contributed by atoms with Crippen molar-refractivity contribution in [1.29, 1.82) is 0 Å². The Labute approximate surface area is 121 Å². The zero-order valence-electron chi connectivity index (χ0n) is 10.8. The number of hydrogen-bond acceptors (Lipinski definition) is 3. The zero-order valence-corrected chi connectivity index (χ0v) is 13.2. The molecule has 0 bridgehead atoms. The molecule has 5 heteroatoms. The monoisotopic (exact) mass is 330 g/mol. The molecule has 3 nitrogen and oxygen atoms in total. The highest BCUT2D eigenvalue weighted by molar-refractivity contribution is 9.11. The quantitative estimate of drug-likeness (QED) is 0.869. The molecule has 1 fully saturated rings. The molecule has 0 spiro atoms. The summed E-state index contributed by atoms with van der Waals surface area (Å²) in [6.07, 6.45) is 2.54. The topological polar surface area (TPSA) is 32.3 Å². The van der Waals surface area contributed by atoms with E-state index in [0.29, 0.717) is 18.5 Å². The Kier molecular flexibility index (Phi) is 4.81. The van der Waals surface area contributed by atoms with E-state index in [1.807, 2.05) is 14.0 Å². The number of likely N-dealkylation sites (N-methyl/N-ethyl adjacent to an activating group) is 1. The Morgan fingerprint density at radius 2 is 2.33 bits per heavy atom. The lowest BCUT2D eigenvalue weighted by Gasteiger charge is -2.19. The number of halogens is 1. The smallest absolute Gasteiger partial charge is 0.236 e. The number of hydrogen-bond donors (Lipinski definition) is 1. The molecule has 1 aliphatic rings. The Balaban J connectivity index is 1.93. The van der Waals surface area contributed by atoms with Gasteiger partial charge in [-0.15, -0.1) is 11.3 Å². The van der Waals surface area contributed by atoms with E-state index >= 15 is 0 Å². The minimum Gasteiger partial charge on any atom is -0.345 e. The minimum atomic E-state index is 0.166. The molecule has 1 N–H and O–H groups in total. The SMILES string of the molecule is CCN(C)C(=O)CN[C@H](c1ccc(Br)s1)C1CC1. The van der Waals surface area contributed by atoms with E-state index in [9.17, 15) is 4.79 Å². The lowest BCUT2D eigenvalue weighted by atomic mass is 10.1. The molecule has 0 saturated heterocycles. The molecule has 0 aromatic carbocycles. The van der Waals surface area contributed by atoms with E-state index < -0.39 is 0 Å². The summed E-state index contributed by atoms with van der Waals surface area (Å²) >= 11 is 5.26. The van der Waals surface area contributed by atoms with Crippen LogP contribution >= 0.6 is 27.3 Å². The Morgan fingerprint density at radius 1 is 1.61 bits per heavy atom. The molecule has 0 radical (unpaired) electrons. The van der Waals surface area contributed by atoms with E-state index in [0.717, 1.165) is 10.3 Å². The molecule has 1 saturated carbocycles. The molecule has 18 heavy (non-hydrogen) atoms. The fourth-order valence-corrected chi connectivity index (χ4v) is 3.53. The average Bonchev–Trinajstić information content (AvgIpc) is 3.11. The van der Waals surface area contributed by atoms with E-state index in [1.54, 1.807) is 16.2 Å². The van der Waals surface area contributed by atoms with Gasteiger partial charge < -0.3 is 10.2 Å². The van der Waals surface area contributed by atoms with Crippen LogP contribution in [0.25, 0.3) is 0 Å². The molecule has 1 aromatic rings. The predicted octanol–water partition coefficient (Wildman–Crippen LogP) is 3.03. The van der Waals surface area contributed by atoms with Gasteiger partial charge in [0.1, 0.15) is 0 Å². The van der Waals surface area contributed by atoms with Gasteiger partial charge in [0.05, 0.1) is 10.3 Å². The van der Waals surface area contributed by atoms with Crippen molar-refractivity contribution in [3.8, 4) is 0 Å². The Hall–Kier alpha value is -0.390. The van der Waals surface area contributed by atoms with Crippen molar-refractivity contribution in [1.82, 2.24) is 10.2 Å². The number of nitrogens with zero attached hydrogens (tertiary/aromatic N) is 1. The average molecular weight is 331 g/mol. The van der Waals surface area contributed by atoms with Crippen LogP contribution in [-0.4, -0.2) is 30.9 Å². The van der Waals surface area contributed by atoms with Crippen molar-refractivity contribution >= 4 is 33.2 Å². The van der Waals surface area contributed by atoms with E-state index in [4.69, 9.17) is 0 Å². The predicted molar refractivity (Wildman–Crippen MR) is 78.8 cm³/mol. The molecule has 2 rings (SSSR count). The third kappa shape index (κ3) is 3.56. The van der Waals surface area contributed by atoms with Crippen molar-refractivity contribution in [3.63, 3.8) is 0 Å².